The first-order valence-electron chi connectivity index (χ1n) is 13.1. The summed E-state index contributed by atoms with van der Waals surface area (Å²) in [4.78, 5) is 2.14. The highest BCUT2D eigenvalue weighted by molar-refractivity contribution is 5.87. The van der Waals surface area contributed by atoms with Crippen molar-refractivity contribution >= 4 is 11.8 Å². The van der Waals surface area contributed by atoms with Crippen molar-refractivity contribution in [1.29, 1.82) is 5.41 Å². The topological polar surface area (TPSA) is 51.2 Å². The van der Waals surface area contributed by atoms with Crippen LogP contribution in [0.25, 0.3) is 5.57 Å². The van der Waals surface area contributed by atoms with Crippen molar-refractivity contribution in [3.63, 3.8) is 0 Å². The second-order valence-electron chi connectivity index (χ2n) is 9.96. The first kappa shape index (κ1) is 31.8. The minimum Gasteiger partial charge on any atom is -0.388 e. The van der Waals surface area contributed by atoms with Crippen LogP contribution in [0, 0.1) is 5.41 Å². The summed E-state index contributed by atoms with van der Waals surface area (Å²) in [6.07, 6.45) is 10.2. The van der Waals surface area contributed by atoms with E-state index in [0.29, 0.717) is 28.5 Å². The van der Waals surface area contributed by atoms with Crippen molar-refractivity contribution in [2.75, 3.05) is 20.6 Å². The van der Waals surface area contributed by atoms with E-state index < -0.39 is 0 Å². The number of halogens is 1. The Labute approximate surface area is 224 Å². The van der Waals surface area contributed by atoms with Crippen LogP contribution in [-0.4, -0.2) is 37.8 Å². The Morgan fingerprint density at radius 3 is 2.24 bits per heavy atom. The van der Waals surface area contributed by atoms with E-state index in [0.717, 1.165) is 42.5 Å². The molecule has 0 aliphatic carbocycles. The molecule has 0 aliphatic rings. The summed E-state index contributed by atoms with van der Waals surface area (Å²) in [6, 6.07) is 8.84. The average molecular weight is 507 g/mol. The number of benzene rings is 1. The van der Waals surface area contributed by atoms with Gasteiger partial charge in [0.15, 0.2) is 0 Å². The van der Waals surface area contributed by atoms with Gasteiger partial charge in [-0.3, -0.25) is 0 Å². The molecule has 4 nitrogen and oxygen atoms in total. The van der Waals surface area contributed by atoms with Crippen LogP contribution in [0.2, 0.25) is 0 Å². The molecule has 1 aromatic carbocycles. The summed E-state index contributed by atoms with van der Waals surface area (Å²) in [5.41, 5.74) is 6.52. The molecule has 0 spiro atoms. The second kappa shape index (κ2) is 16.5. The number of nitrogens with one attached hydrogen (secondary N) is 3. The fourth-order valence-corrected chi connectivity index (χ4v) is 3.87. The molecule has 1 aromatic rings. The monoisotopic (exact) mass is 506 g/mol. The fourth-order valence-electron chi connectivity index (χ4n) is 3.87. The molecule has 0 saturated heterocycles. The summed E-state index contributed by atoms with van der Waals surface area (Å²) in [7, 11) is 4.11. The Hall–Kier alpha value is -3.18. The lowest BCUT2D eigenvalue weighted by atomic mass is 9.97. The molecule has 202 valence electrons. The third kappa shape index (κ3) is 11.6. The van der Waals surface area contributed by atoms with Crippen LogP contribution < -0.4 is 10.6 Å². The van der Waals surface area contributed by atoms with Crippen LogP contribution >= 0.6 is 0 Å². The predicted molar refractivity (Wildman–Crippen MR) is 160 cm³/mol. The van der Waals surface area contributed by atoms with Crippen LogP contribution in [0.4, 0.5) is 4.39 Å². The molecule has 0 amide bonds. The largest absolute Gasteiger partial charge is 0.388 e. The van der Waals surface area contributed by atoms with Crippen LogP contribution in [0.5, 0.6) is 0 Å². The maximum absolute atomic E-state index is 14.7. The molecule has 0 fully saturated rings. The van der Waals surface area contributed by atoms with E-state index in [1.54, 1.807) is 6.92 Å². The van der Waals surface area contributed by atoms with Crippen LogP contribution in [0.3, 0.4) is 0 Å². The third-order valence-corrected chi connectivity index (χ3v) is 5.93. The van der Waals surface area contributed by atoms with Gasteiger partial charge in [-0.05, 0) is 81.6 Å². The maximum Gasteiger partial charge on any atom is 0.122 e. The van der Waals surface area contributed by atoms with Gasteiger partial charge in [0.2, 0.25) is 0 Å². The minimum absolute atomic E-state index is 0.0159. The molecule has 1 rings (SSSR count). The molecule has 37 heavy (non-hydrogen) atoms. The molecule has 0 heterocycles. The summed E-state index contributed by atoms with van der Waals surface area (Å²) in [5.74, 6) is -0.249. The van der Waals surface area contributed by atoms with Crippen molar-refractivity contribution in [1.82, 2.24) is 15.5 Å². The molecular weight excluding hydrogens is 459 g/mol. The van der Waals surface area contributed by atoms with Crippen molar-refractivity contribution in [3.8, 4) is 0 Å². The Morgan fingerprint density at radius 1 is 1.08 bits per heavy atom. The molecule has 0 aliphatic heterocycles. The number of nitrogens with zero attached hydrogens (tertiary/aromatic N) is 1. The number of allylic oxidation sites excluding steroid dienone is 6. The number of hydrogen-bond donors (Lipinski definition) is 3. The van der Waals surface area contributed by atoms with Crippen LogP contribution in [0.15, 0.2) is 89.6 Å². The third-order valence-electron chi connectivity index (χ3n) is 5.93. The van der Waals surface area contributed by atoms with Crippen molar-refractivity contribution < 1.29 is 4.39 Å². The fraction of sp³-hybridized carbons (Fsp3) is 0.406. The van der Waals surface area contributed by atoms with Crippen LogP contribution in [-0.2, 0) is 6.54 Å². The summed E-state index contributed by atoms with van der Waals surface area (Å²) in [6.45, 7) is 19.1. The zero-order valence-corrected chi connectivity index (χ0v) is 24.0. The lowest BCUT2D eigenvalue weighted by Gasteiger charge is -2.18. The Bertz CT molecular complexity index is 1040. The van der Waals surface area contributed by atoms with Gasteiger partial charge in [0.05, 0.1) is 6.54 Å². The molecule has 1 atom stereocenters. The highest BCUT2D eigenvalue weighted by Gasteiger charge is 2.11. The van der Waals surface area contributed by atoms with Gasteiger partial charge < -0.3 is 20.9 Å². The minimum atomic E-state index is -0.249. The normalized spacial score (nSPS) is 13.5. The van der Waals surface area contributed by atoms with E-state index in [-0.39, 0.29) is 12.4 Å². The van der Waals surface area contributed by atoms with Gasteiger partial charge in [-0.2, -0.15) is 0 Å². The zero-order valence-electron chi connectivity index (χ0n) is 24.0. The first-order valence-corrected chi connectivity index (χ1v) is 13.1. The van der Waals surface area contributed by atoms with E-state index in [1.165, 1.54) is 11.8 Å². The SMILES string of the molecule is C=C(C=N)/C(=C\C(=C/NC(CC)CCC)c1ccc(CN(C)C)cc1)C(=C)NC/C(F)=C(\C)C=C(C)C. The molecule has 0 bridgehead atoms. The summed E-state index contributed by atoms with van der Waals surface area (Å²) in [5, 5.41) is 14.5. The summed E-state index contributed by atoms with van der Waals surface area (Å²) >= 11 is 0. The molecule has 1 unspecified atom stereocenters. The molecule has 0 aromatic heterocycles. The van der Waals surface area contributed by atoms with Crippen molar-refractivity contribution in [2.45, 2.75) is 66.5 Å². The van der Waals surface area contributed by atoms with E-state index in [4.69, 9.17) is 5.41 Å². The Kier molecular flexibility index (Phi) is 14.2. The molecule has 5 heteroatoms. The van der Waals surface area contributed by atoms with Gasteiger partial charge >= 0.3 is 0 Å². The second-order valence-corrected chi connectivity index (χ2v) is 9.96. The first-order chi connectivity index (χ1) is 17.5. The van der Waals surface area contributed by atoms with Gasteiger partial charge in [0, 0.05) is 36.3 Å². The number of hydrogen-bond acceptors (Lipinski definition) is 4. The Balaban J connectivity index is 3.42. The molecule has 3 N–H and O–H groups in total. The smallest absolute Gasteiger partial charge is 0.122 e. The standard InChI is InChI=1S/C32H47FN4/c1-10-12-30(11-2)36-20-29(28-15-13-27(14-16-28)22-37(8)9)18-31(25(6)19-34)26(7)35-21-32(33)24(5)17-23(3)4/h13-20,30,34-36H,6-7,10-12,21-22H2,1-5,8-9H3/b29-20+,31-18+,32-24-,34-19?. The lowest BCUT2D eigenvalue weighted by molar-refractivity contribution is 0.402. The van der Waals surface area contributed by atoms with Crippen LogP contribution in [0.1, 0.15) is 65.0 Å². The highest BCUT2D eigenvalue weighted by Crippen LogP contribution is 2.24. The van der Waals surface area contributed by atoms with Crippen molar-refractivity contribution in [2.24, 2.45) is 0 Å². The van der Waals surface area contributed by atoms with Gasteiger partial charge in [0.1, 0.15) is 5.83 Å². The van der Waals surface area contributed by atoms with E-state index in [1.807, 2.05) is 32.2 Å². The lowest BCUT2D eigenvalue weighted by Crippen LogP contribution is -2.23. The average Bonchev–Trinajstić information content (AvgIpc) is 2.85. The van der Waals surface area contributed by atoms with E-state index in [9.17, 15) is 4.39 Å². The Morgan fingerprint density at radius 2 is 1.73 bits per heavy atom. The quantitative estimate of drug-likeness (QED) is 0.159. The van der Waals surface area contributed by atoms with Crippen molar-refractivity contribution in [3.05, 3.63) is 101 Å². The maximum atomic E-state index is 14.7. The van der Waals surface area contributed by atoms with Gasteiger partial charge in [-0.1, -0.05) is 69.3 Å². The van der Waals surface area contributed by atoms with Gasteiger partial charge in [0.25, 0.3) is 0 Å². The molecule has 0 saturated carbocycles. The summed E-state index contributed by atoms with van der Waals surface area (Å²) < 4.78 is 14.7. The van der Waals surface area contributed by atoms with Gasteiger partial charge in [-0.25, -0.2) is 4.39 Å². The van der Waals surface area contributed by atoms with E-state index in [2.05, 4.69) is 80.9 Å². The predicted octanol–water partition coefficient (Wildman–Crippen LogP) is 7.70. The molecule has 0 radical (unpaired) electrons. The molecular formula is C32H47FN4. The highest BCUT2D eigenvalue weighted by atomic mass is 19.1. The van der Waals surface area contributed by atoms with Gasteiger partial charge in [-0.15, -0.1) is 0 Å². The number of rotatable bonds is 16. The zero-order chi connectivity index (χ0) is 28.0. The van der Waals surface area contributed by atoms with E-state index >= 15 is 0 Å².